The Balaban J connectivity index is 1.98. The number of benzene rings is 1. The lowest BCUT2D eigenvalue weighted by molar-refractivity contribution is -0.126. The molecule has 0 fully saturated rings. The molecular formula is C18H22N4O2. The maximum absolute atomic E-state index is 13.1. The normalized spacial score (nSPS) is 16.0. The monoisotopic (exact) mass is 326 g/mol. The number of nitrogens with one attached hydrogen (secondary N) is 1. The second kappa shape index (κ2) is 5.78. The van der Waals surface area contributed by atoms with Gasteiger partial charge in [0.1, 0.15) is 17.9 Å². The van der Waals surface area contributed by atoms with Crippen LogP contribution in [-0.4, -0.2) is 26.9 Å². The van der Waals surface area contributed by atoms with Crippen LogP contribution in [0.5, 0.6) is 0 Å². The average Bonchev–Trinajstić information content (AvgIpc) is 2.96. The topological polar surface area (TPSA) is 67.2 Å². The zero-order valence-corrected chi connectivity index (χ0v) is 14.4. The molecule has 6 nitrogen and oxygen atoms in total. The lowest BCUT2D eigenvalue weighted by Crippen LogP contribution is -2.59. The van der Waals surface area contributed by atoms with Gasteiger partial charge in [0.15, 0.2) is 0 Å². The van der Waals surface area contributed by atoms with Gasteiger partial charge in [0.2, 0.25) is 11.8 Å². The molecular weight excluding hydrogens is 304 g/mol. The Morgan fingerprint density at radius 1 is 1.29 bits per heavy atom. The average molecular weight is 326 g/mol. The van der Waals surface area contributed by atoms with E-state index in [1.807, 2.05) is 36.6 Å². The van der Waals surface area contributed by atoms with E-state index in [9.17, 15) is 9.59 Å². The molecule has 1 aliphatic heterocycles. The van der Waals surface area contributed by atoms with Crippen molar-refractivity contribution in [1.29, 1.82) is 0 Å². The van der Waals surface area contributed by atoms with Crippen LogP contribution < -0.4 is 10.2 Å². The van der Waals surface area contributed by atoms with Crippen molar-refractivity contribution < 1.29 is 9.59 Å². The first-order valence-corrected chi connectivity index (χ1v) is 8.07. The van der Waals surface area contributed by atoms with Crippen molar-refractivity contribution in [2.24, 2.45) is 0 Å². The van der Waals surface area contributed by atoms with Gasteiger partial charge in [0.05, 0.1) is 11.4 Å². The maximum atomic E-state index is 13.1. The summed E-state index contributed by atoms with van der Waals surface area (Å²) in [7, 11) is 0. The zero-order chi connectivity index (χ0) is 17.5. The van der Waals surface area contributed by atoms with E-state index in [1.54, 1.807) is 37.2 Å². The summed E-state index contributed by atoms with van der Waals surface area (Å²) >= 11 is 0. The largest absolute Gasteiger partial charge is 0.325 e. The van der Waals surface area contributed by atoms with Crippen molar-refractivity contribution in [2.75, 3.05) is 10.2 Å². The Hall–Kier alpha value is -2.63. The van der Waals surface area contributed by atoms with Gasteiger partial charge in [-0.15, -0.1) is 0 Å². The standard InChI is InChI=1S/C18H22N4O2/c1-12(2)16-19-9-10-21(16)11-15(23)22-14-8-6-5-7-13(14)20-17(24)18(22,3)4/h5-10,12H,11H2,1-4H3,(H,20,24). The molecule has 2 aromatic rings. The molecule has 2 amide bonds. The molecule has 1 aromatic heterocycles. The first-order chi connectivity index (χ1) is 11.3. The van der Waals surface area contributed by atoms with E-state index in [0.29, 0.717) is 5.69 Å². The van der Waals surface area contributed by atoms with Crippen LogP contribution >= 0.6 is 0 Å². The predicted octanol–water partition coefficient (Wildman–Crippen LogP) is 2.77. The summed E-state index contributed by atoms with van der Waals surface area (Å²) in [5.41, 5.74) is 0.424. The van der Waals surface area contributed by atoms with Gasteiger partial charge in [-0.2, -0.15) is 0 Å². The van der Waals surface area contributed by atoms with Gasteiger partial charge in [0.25, 0.3) is 0 Å². The van der Waals surface area contributed by atoms with E-state index in [-0.39, 0.29) is 24.3 Å². The molecule has 0 unspecified atom stereocenters. The predicted molar refractivity (Wildman–Crippen MR) is 93.0 cm³/mol. The summed E-state index contributed by atoms with van der Waals surface area (Å²) < 4.78 is 1.85. The quantitative estimate of drug-likeness (QED) is 0.943. The van der Waals surface area contributed by atoms with Gasteiger partial charge in [-0.25, -0.2) is 4.98 Å². The SMILES string of the molecule is CC(C)c1nccn1CC(=O)N1c2ccccc2NC(=O)C1(C)C. The van der Waals surface area contributed by atoms with Crippen molar-refractivity contribution in [3.8, 4) is 0 Å². The van der Waals surface area contributed by atoms with Crippen molar-refractivity contribution >= 4 is 23.2 Å². The van der Waals surface area contributed by atoms with Crippen LogP contribution in [0.4, 0.5) is 11.4 Å². The summed E-state index contributed by atoms with van der Waals surface area (Å²) in [5.74, 6) is 0.750. The van der Waals surface area contributed by atoms with Gasteiger partial charge in [-0.1, -0.05) is 26.0 Å². The number of aromatic nitrogens is 2. The smallest absolute Gasteiger partial charge is 0.250 e. The van der Waals surface area contributed by atoms with E-state index < -0.39 is 5.54 Å². The molecule has 0 saturated carbocycles. The molecule has 24 heavy (non-hydrogen) atoms. The highest BCUT2D eigenvalue weighted by Crippen LogP contribution is 2.36. The van der Waals surface area contributed by atoms with Crippen molar-refractivity contribution in [3.63, 3.8) is 0 Å². The highest BCUT2D eigenvalue weighted by atomic mass is 16.2. The minimum absolute atomic E-state index is 0.137. The summed E-state index contributed by atoms with van der Waals surface area (Å²) in [6.07, 6.45) is 3.50. The molecule has 1 aliphatic rings. The van der Waals surface area contributed by atoms with Gasteiger partial charge >= 0.3 is 0 Å². The van der Waals surface area contributed by atoms with E-state index in [0.717, 1.165) is 11.5 Å². The van der Waals surface area contributed by atoms with Crippen molar-refractivity contribution in [2.45, 2.75) is 45.7 Å². The van der Waals surface area contributed by atoms with E-state index >= 15 is 0 Å². The van der Waals surface area contributed by atoms with Crippen LogP contribution in [0, 0.1) is 0 Å². The van der Waals surface area contributed by atoms with Gasteiger partial charge in [0, 0.05) is 18.3 Å². The maximum Gasteiger partial charge on any atom is 0.250 e. The van der Waals surface area contributed by atoms with Crippen LogP contribution in [0.2, 0.25) is 0 Å². The van der Waals surface area contributed by atoms with Crippen LogP contribution in [0.25, 0.3) is 0 Å². The molecule has 0 spiro atoms. The number of amides is 2. The summed E-state index contributed by atoms with van der Waals surface area (Å²) in [5, 5.41) is 2.87. The number of hydrogen-bond donors (Lipinski definition) is 1. The fourth-order valence-corrected chi connectivity index (χ4v) is 3.07. The second-order valence-corrected chi connectivity index (χ2v) is 6.83. The highest BCUT2D eigenvalue weighted by Gasteiger charge is 2.43. The van der Waals surface area contributed by atoms with Gasteiger partial charge in [-0.05, 0) is 26.0 Å². The number of carbonyl (C=O) groups is 2. The number of rotatable bonds is 3. The summed E-state index contributed by atoms with van der Waals surface area (Å²) in [6.45, 7) is 7.74. The third-order valence-corrected chi connectivity index (χ3v) is 4.33. The highest BCUT2D eigenvalue weighted by molar-refractivity contribution is 6.14. The third kappa shape index (κ3) is 2.58. The molecule has 0 atom stereocenters. The fourth-order valence-electron chi connectivity index (χ4n) is 3.07. The lowest BCUT2D eigenvalue weighted by atomic mass is 9.96. The van der Waals surface area contributed by atoms with Crippen molar-refractivity contribution in [1.82, 2.24) is 9.55 Å². The van der Waals surface area contributed by atoms with E-state index in [2.05, 4.69) is 10.3 Å². The molecule has 1 N–H and O–H groups in total. The number of anilines is 2. The Kier molecular flexibility index (Phi) is 3.91. The molecule has 2 heterocycles. The second-order valence-electron chi connectivity index (χ2n) is 6.83. The number of hydrogen-bond acceptors (Lipinski definition) is 3. The Morgan fingerprint density at radius 2 is 2.00 bits per heavy atom. The minimum atomic E-state index is -0.954. The first kappa shape index (κ1) is 16.2. The number of imidazole rings is 1. The molecule has 126 valence electrons. The molecule has 0 bridgehead atoms. The first-order valence-electron chi connectivity index (χ1n) is 8.07. The van der Waals surface area contributed by atoms with E-state index in [4.69, 9.17) is 0 Å². The summed E-state index contributed by atoms with van der Waals surface area (Å²) in [6, 6.07) is 7.36. The van der Waals surface area contributed by atoms with Crippen LogP contribution in [0.1, 0.15) is 39.4 Å². The van der Waals surface area contributed by atoms with E-state index in [1.165, 1.54) is 0 Å². The fraction of sp³-hybridized carbons (Fsp3) is 0.389. The van der Waals surface area contributed by atoms with Crippen molar-refractivity contribution in [3.05, 3.63) is 42.5 Å². The molecule has 0 aliphatic carbocycles. The van der Waals surface area contributed by atoms with Gasteiger partial charge < -0.3 is 9.88 Å². The van der Waals surface area contributed by atoms with Crippen LogP contribution in [0.3, 0.4) is 0 Å². The number of carbonyl (C=O) groups excluding carboxylic acids is 2. The zero-order valence-electron chi connectivity index (χ0n) is 14.4. The molecule has 0 radical (unpaired) electrons. The number of fused-ring (bicyclic) bond motifs is 1. The molecule has 3 rings (SSSR count). The Bertz CT molecular complexity index is 792. The van der Waals surface area contributed by atoms with Gasteiger partial charge in [-0.3, -0.25) is 14.5 Å². The third-order valence-electron chi connectivity index (χ3n) is 4.33. The van der Waals surface area contributed by atoms with Crippen LogP contribution in [-0.2, 0) is 16.1 Å². The molecule has 1 aromatic carbocycles. The lowest BCUT2D eigenvalue weighted by Gasteiger charge is -2.42. The number of nitrogens with zero attached hydrogens (tertiary/aromatic N) is 3. The molecule has 0 saturated heterocycles. The summed E-state index contributed by atoms with van der Waals surface area (Å²) in [4.78, 5) is 31.4. The Labute approximate surface area is 141 Å². The van der Waals surface area contributed by atoms with Crippen LogP contribution in [0.15, 0.2) is 36.7 Å². The number of para-hydroxylation sites is 2. The Morgan fingerprint density at radius 3 is 2.71 bits per heavy atom. The molecule has 6 heteroatoms. The minimum Gasteiger partial charge on any atom is -0.325 e.